The fourth-order valence-electron chi connectivity index (χ4n) is 2.47. The Hall–Kier alpha value is -1.05. The lowest BCUT2D eigenvalue weighted by molar-refractivity contribution is 0.508. The van der Waals surface area contributed by atoms with Crippen LogP contribution >= 0.6 is 27.5 Å². The third-order valence-electron chi connectivity index (χ3n) is 3.53. The van der Waals surface area contributed by atoms with Gasteiger partial charge >= 0.3 is 0 Å². The Morgan fingerprint density at radius 2 is 2.14 bits per heavy atom. The zero-order chi connectivity index (χ0) is 15.2. The summed E-state index contributed by atoms with van der Waals surface area (Å²) in [6, 6.07) is 7.06. The van der Waals surface area contributed by atoms with Crippen LogP contribution in [-0.2, 0) is 9.84 Å². The van der Waals surface area contributed by atoms with Crippen molar-refractivity contribution < 1.29 is 8.42 Å². The summed E-state index contributed by atoms with van der Waals surface area (Å²) in [5.74, 6) is 0.764. The van der Waals surface area contributed by atoms with Gasteiger partial charge in [0.1, 0.15) is 5.82 Å². The minimum atomic E-state index is -2.97. The van der Waals surface area contributed by atoms with Gasteiger partial charge in [-0.15, -0.1) is 0 Å². The second-order valence-electron chi connectivity index (χ2n) is 5.08. The zero-order valence-corrected chi connectivity index (χ0v) is 14.1. The van der Waals surface area contributed by atoms with Gasteiger partial charge in [-0.2, -0.15) is 5.10 Å². The van der Waals surface area contributed by atoms with Crippen LogP contribution in [0.2, 0.25) is 5.02 Å². The lowest BCUT2D eigenvalue weighted by Gasteiger charge is -2.10. The number of nitrogens with zero attached hydrogens (tertiary/aromatic N) is 2. The molecule has 1 fully saturated rings. The molecule has 5 nitrogen and oxygen atoms in total. The number of sulfone groups is 1. The molecule has 2 aromatic rings. The van der Waals surface area contributed by atoms with Crippen molar-refractivity contribution in [1.82, 2.24) is 9.78 Å². The van der Waals surface area contributed by atoms with E-state index < -0.39 is 9.84 Å². The van der Waals surface area contributed by atoms with Gasteiger partial charge < -0.3 is 5.73 Å². The largest absolute Gasteiger partial charge is 0.384 e. The first-order chi connectivity index (χ1) is 9.85. The van der Waals surface area contributed by atoms with Crippen LogP contribution in [0.3, 0.4) is 0 Å². The molecule has 112 valence electrons. The SMILES string of the molecule is Nc1cc(-c2ccc(Cl)c(Br)c2)nn1C1CCS(=O)(=O)C1. The quantitative estimate of drug-likeness (QED) is 0.855. The highest BCUT2D eigenvalue weighted by molar-refractivity contribution is 9.10. The molecule has 1 aliphatic heterocycles. The second-order valence-corrected chi connectivity index (χ2v) is 8.58. The maximum atomic E-state index is 11.6. The molecule has 0 aliphatic carbocycles. The van der Waals surface area contributed by atoms with Crippen molar-refractivity contribution >= 4 is 43.2 Å². The van der Waals surface area contributed by atoms with Gasteiger partial charge in [-0.25, -0.2) is 13.1 Å². The van der Waals surface area contributed by atoms with Crippen molar-refractivity contribution in [3.63, 3.8) is 0 Å². The van der Waals surface area contributed by atoms with Crippen molar-refractivity contribution in [2.24, 2.45) is 0 Å². The van der Waals surface area contributed by atoms with E-state index in [1.54, 1.807) is 16.8 Å². The van der Waals surface area contributed by atoms with E-state index in [9.17, 15) is 8.42 Å². The molecular formula is C13H13BrClN3O2S. The highest BCUT2D eigenvalue weighted by Gasteiger charge is 2.31. The van der Waals surface area contributed by atoms with Crippen LogP contribution in [-0.4, -0.2) is 29.7 Å². The molecule has 8 heteroatoms. The maximum Gasteiger partial charge on any atom is 0.152 e. The maximum absolute atomic E-state index is 11.6. The smallest absolute Gasteiger partial charge is 0.152 e. The Labute approximate surface area is 136 Å². The molecule has 1 unspecified atom stereocenters. The van der Waals surface area contributed by atoms with E-state index in [-0.39, 0.29) is 17.5 Å². The first-order valence-corrected chi connectivity index (χ1v) is 9.36. The van der Waals surface area contributed by atoms with E-state index in [4.69, 9.17) is 17.3 Å². The predicted molar refractivity (Wildman–Crippen MR) is 87.1 cm³/mol. The summed E-state index contributed by atoms with van der Waals surface area (Å²) in [6.45, 7) is 0. The van der Waals surface area contributed by atoms with Gasteiger partial charge in [0.05, 0.1) is 28.3 Å². The molecule has 1 atom stereocenters. The molecular weight excluding hydrogens is 378 g/mol. The number of benzene rings is 1. The van der Waals surface area contributed by atoms with Crippen LogP contribution in [0.25, 0.3) is 11.3 Å². The Bertz CT molecular complexity index is 804. The Morgan fingerprint density at radius 3 is 2.76 bits per heavy atom. The van der Waals surface area contributed by atoms with E-state index in [1.165, 1.54) is 0 Å². The van der Waals surface area contributed by atoms with Gasteiger partial charge in [-0.05, 0) is 34.5 Å². The number of rotatable bonds is 2. The fourth-order valence-corrected chi connectivity index (χ4v) is 4.65. The topological polar surface area (TPSA) is 78.0 Å². The number of anilines is 1. The molecule has 1 saturated heterocycles. The number of hydrogen-bond acceptors (Lipinski definition) is 4. The summed E-state index contributed by atoms with van der Waals surface area (Å²) in [4.78, 5) is 0. The van der Waals surface area contributed by atoms with E-state index in [0.717, 1.165) is 10.0 Å². The van der Waals surface area contributed by atoms with Gasteiger partial charge in [0.2, 0.25) is 0 Å². The number of aromatic nitrogens is 2. The van der Waals surface area contributed by atoms with Crippen molar-refractivity contribution in [2.75, 3.05) is 17.2 Å². The number of nitrogens with two attached hydrogens (primary N) is 1. The van der Waals surface area contributed by atoms with E-state index in [0.29, 0.717) is 23.0 Å². The highest BCUT2D eigenvalue weighted by atomic mass is 79.9. The van der Waals surface area contributed by atoms with Crippen LogP contribution in [0.1, 0.15) is 12.5 Å². The van der Waals surface area contributed by atoms with Gasteiger partial charge in [0.25, 0.3) is 0 Å². The lowest BCUT2D eigenvalue weighted by atomic mass is 10.1. The van der Waals surface area contributed by atoms with Crippen LogP contribution in [0.5, 0.6) is 0 Å². The summed E-state index contributed by atoms with van der Waals surface area (Å²) in [5, 5.41) is 5.08. The Balaban J connectivity index is 1.96. The fraction of sp³-hybridized carbons (Fsp3) is 0.308. The highest BCUT2D eigenvalue weighted by Crippen LogP contribution is 2.31. The number of nitrogen functional groups attached to an aromatic ring is 1. The molecule has 2 N–H and O–H groups in total. The molecule has 0 saturated carbocycles. The average Bonchev–Trinajstić information content (AvgIpc) is 2.95. The second kappa shape index (κ2) is 5.30. The van der Waals surface area contributed by atoms with Crippen LogP contribution in [0.15, 0.2) is 28.7 Å². The van der Waals surface area contributed by atoms with Crippen LogP contribution in [0.4, 0.5) is 5.82 Å². The van der Waals surface area contributed by atoms with Crippen molar-refractivity contribution in [2.45, 2.75) is 12.5 Å². The van der Waals surface area contributed by atoms with Crippen molar-refractivity contribution in [3.8, 4) is 11.3 Å². The monoisotopic (exact) mass is 389 g/mol. The first kappa shape index (κ1) is 14.9. The summed E-state index contributed by atoms with van der Waals surface area (Å²) >= 11 is 9.35. The molecule has 1 aromatic carbocycles. The minimum Gasteiger partial charge on any atom is -0.384 e. The van der Waals surface area contributed by atoms with E-state index >= 15 is 0 Å². The summed E-state index contributed by atoms with van der Waals surface area (Å²) in [7, 11) is -2.97. The number of hydrogen-bond donors (Lipinski definition) is 1. The third-order valence-corrected chi connectivity index (χ3v) is 6.50. The zero-order valence-electron chi connectivity index (χ0n) is 11.0. The van der Waals surface area contributed by atoms with E-state index in [2.05, 4.69) is 21.0 Å². The summed E-state index contributed by atoms with van der Waals surface area (Å²) in [5.41, 5.74) is 7.56. The molecule has 2 heterocycles. The Morgan fingerprint density at radius 1 is 1.38 bits per heavy atom. The van der Waals surface area contributed by atoms with Gasteiger partial charge in [-0.1, -0.05) is 17.7 Å². The molecule has 0 radical (unpaired) electrons. The van der Waals surface area contributed by atoms with Crippen molar-refractivity contribution in [1.29, 1.82) is 0 Å². The predicted octanol–water partition coefficient (Wildman–Crippen LogP) is 2.91. The van der Waals surface area contributed by atoms with Gasteiger partial charge in [-0.3, -0.25) is 0 Å². The molecule has 1 aromatic heterocycles. The lowest BCUT2D eigenvalue weighted by Crippen LogP contribution is -2.14. The molecule has 3 rings (SSSR count). The van der Waals surface area contributed by atoms with Crippen LogP contribution in [0, 0.1) is 0 Å². The normalized spacial score (nSPS) is 20.8. The summed E-state index contributed by atoms with van der Waals surface area (Å²) in [6.07, 6.45) is 0.554. The molecule has 21 heavy (non-hydrogen) atoms. The van der Waals surface area contributed by atoms with Gasteiger partial charge in [0.15, 0.2) is 9.84 Å². The first-order valence-electron chi connectivity index (χ1n) is 6.36. The summed E-state index contributed by atoms with van der Waals surface area (Å²) < 4.78 is 25.6. The molecule has 0 spiro atoms. The number of halogens is 2. The molecule has 0 bridgehead atoms. The Kier molecular flexibility index (Phi) is 3.75. The van der Waals surface area contributed by atoms with Crippen molar-refractivity contribution in [3.05, 3.63) is 33.8 Å². The standard InChI is InChI=1S/C13H13BrClN3O2S/c14-10-5-8(1-2-11(10)15)12-6-13(16)18(17-12)9-3-4-21(19,20)7-9/h1-2,5-6,9H,3-4,7,16H2. The molecule has 0 amide bonds. The van der Waals surface area contributed by atoms with Crippen LogP contribution < -0.4 is 5.73 Å². The molecule has 1 aliphatic rings. The minimum absolute atomic E-state index is 0.0998. The third kappa shape index (κ3) is 2.95. The van der Waals surface area contributed by atoms with E-state index in [1.807, 2.05) is 12.1 Å². The van der Waals surface area contributed by atoms with Gasteiger partial charge in [0, 0.05) is 16.1 Å². The average molecular weight is 391 g/mol.